The number of thioether (sulfide) groups is 1. The second-order valence-electron chi connectivity index (χ2n) is 5.85. The van der Waals surface area contributed by atoms with Gasteiger partial charge in [-0.2, -0.15) is 0 Å². The molecule has 1 aliphatic heterocycles. The number of benzene rings is 1. The molecule has 2 aromatic rings. The van der Waals surface area contributed by atoms with E-state index in [0.29, 0.717) is 24.8 Å². The van der Waals surface area contributed by atoms with Gasteiger partial charge in [0.15, 0.2) is 11.0 Å². The van der Waals surface area contributed by atoms with Gasteiger partial charge in [0, 0.05) is 25.2 Å². The standard InChI is InChI=1S/C17H21N5O2S/c1-4-21-14(13-8-6-5-7-11(13)2)19-20-17(21)25-12(3)15(23)22-10-9-18-16(22)24/h5-8,12H,4,9-10H2,1-3H3,(H,18,24). The normalized spacial score (nSPS) is 15.3. The van der Waals surface area contributed by atoms with E-state index in [0.717, 1.165) is 17.0 Å². The van der Waals surface area contributed by atoms with Gasteiger partial charge in [0.05, 0.1) is 5.25 Å². The van der Waals surface area contributed by atoms with Crippen molar-refractivity contribution in [2.75, 3.05) is 13.1 Å². The smallest absolute Gasteiger partial charge is 0.324 e. The molecule has 7 nitrogen and oxygen atoms in total. The highest BCUT2D eigenvalue weighted by atomic mass is 32.2. The van der Waals surface area contributed by atoms with Crippen LogP contribution in [0.1, 0.15) is 19.4 Å². The van der Waals surface area contributed by atoms with Crippen LogP contribution >= 0.6 is 11.8 Å². The molecule has 2 heterocycles. The summed E-state index contributed by atoms with van der Waals surface area (Å²) in [5.41, 5.74) is 2.15. The number of aryl methyl sites for hydroxylation is 1. The summed E-state index contributed by atoms with van der Waals surface area (Å²) in [6.07, 6.45) is 0. The SMILES string of the molecule is CCn1c(SC(C)C(=O)N2CCNC2=O)nnc1-c1ccccc1C. The van der Waals surface area contributed by atoms with Gasteiger partial charge in [-0.1, -0.05) is 36.0 Å². The number of carbonyl (C=O) groups excluding carboxylic acids is 2. The van der Waals surface area contributed by atoms with Crippen molar-refractivity contribution in [2.45, 2.75) is 37.7 Å². The van der Waals surface area contributed by atoms with E-state index in [9.17, 15) is 9.59 Å². The summed E-state index contributed by atoms with van der Waals surface area (Å²) in [5, 5.41) is 11.5. The highest BCUT2D eigenvalue weighted by Gasteiger charge is 2.31. The molecule has 1 saturated heterocycles. The topological polar surface area (TPSA) is 80.1 Å². The first-order valence-electron chi connectivity index (χ1n) is 8.28. The Kier molecular flexibility index (Phi) is 5.08. The Balaban J connectivity index is 1.83. The van der Waals surface area contributed by atoms with E-state index < -0.39 is 5.25 Å². The van der Waals surface area contributed by atoms with E-state index >= 15 is 0 Å². The molecule has 1 fully saturated rings. The minimum absolute atomic E-state index is 0.205. The van der Waals surface area contributed by atoms with Crippen molar-refractivity contribution in [2.24, 2.45) is 0 Å². The van der Waals surface area contributed by atoms with Gasteiger partial charge in [0.25, 0.3) is 0 Å². The van der Waals surface area contributed by atoms with E-state index in [-0.39, 0.29) is 11.9 Å². The lowest BCUT2D eigenvalue weighted by Gasteiger charge is -2.17. The fourth-order valence-corrected chi connectivity index (χ4v) is 3.77. The summed E-state index contributed by atoms with van der Waals surface area (Å²) >= 11 is 1.33. The number of nitrogens with zero attached hydrogens (tertiary/aromatic N) is 4. The summed E-state index contributed by atoms with van der Waals surface area (Å²) in [6, 6.07) is 7.69. The predicted octanol–water partition coefficient (Wildman–Crippen LogP) is 2.31. The highest BCUT2D eigenvalue weighted by Crippen LogP contribution is 2.29. The maximum absolute atomic E-state index is 12.5. The van der Waals surface area contributed by atoms with Crippen molar-refractivity contribution in [3.05, 3.63) is 29.8 Å². The summed E-state index contributed by atoms with van der Waals surface area (Å²) in [4.78, 5) is 25.4. The molecule has 0 saturated carbocycles. The monoisotopic (exact) mass is 359 g/mol. The maximum atomic E-state index is 12.5. The Morgan fingerprint density at radius 1 is 1.36 bits per heavy atom. The average molecular weight is 359 g/mol. The Morgan fingerprint density at radius 3 is 2.76 bits per heavy atom. The van der Waals surface area contributed by atoms with Crippen molar-refractivity contribution in [1.82, 2.24) is 25.0 Å². The van der Waals surface area contributed by atoms with Crippen molar-refractivity contribution >= 4 is 23.7 Å². The van der Waals surface area contributed by atoms with Gasteiger partial charge in [0.1, 0.15) is 0 Å². The third-order valence-corrected chi connectivity index (χ3v) is 5.24. The van der Waals surface area contributed by atoms with Crippen LogP contribution in [0, 0.1) is 6.92 Å². The molecule has 0 radical (unpaired) electrons. The predicted molar refractivity (Wildman–Crippen MR) is 96.3 cm³/mol. The summed E-state index contributed by atoms with van der Waals surface area (Å²) in [6.45, 7) is 7.47. The van der Waals surface area contributed by atoms with E-state index in [1.807, 2.05) is 42.7 Å². The lowest BCUT2D eigenvalue weighted by Crippen LogP contribution is -2.39. The van der Waals surface area contributed by atoms with Crippen LogP contribution in [-0.2, 0) is 11.3 Å². The summed E-state index contributed by atoms with van der Waals surface area (Å²) < 4.78 is 2.00. The van der Waals surface area contributed by atoms with Crippen molar-refractivity contribution in [1.29, 1.82) is 0 Å². The fraction of sp³-hybridized carbons (Fsp3) is 0.412. The van der Waals surface area contributed by atoms with Crippen LogP contribution in [0.2, 0.25) is 0 Å². The van der Waals surface area contributed by atoms with Crippen LogP contribution < -0.4 is 5.32 Å². The summed E-state index contributed by atoms with van der Waals surface area (Å²) in [7, 11) is 0. The van der Waals surface area contributed by atoms with Gasteiger partial charge < -0.3 is 9.88 Å². The second kappa shape index (κ2) is 7.26. The average Bonchev–Trinajstić information content (AvgIpc) is 3.20. The van der Waals surface area contributed by atoms with E-state index in [1.54, 1.807) is 6.92 Å². The molecule has 0 spiro atoms. The van der Waals surface area contributed by atoms with E-state index in [4.69, 9.17) is 0 Å². The molecule has 1 aromatic carbocycles. The zero-order valence-corrected chi connectivity index (χ0v) is 15.3. The number of hydrogen-bond donors (Lipinski definition) is 1. The molecule has 1 aromatic heterocycles. The number of imide groups is 1. The van der Waals surface area contributed by atoms with Gasteiger partial charge in [0.2, 0.25) is 5.91 Å². The van der Waals surface area contributed by atoms with Crippen molar-refractivity contribution in [3.8, 4) is 11.4 Å². The zero-order chi connectivity index (χ0) is 18.0. The lowest BCUT2D eigenvalue weighted by molar-refractivity contribution is -0.126. The molecule has 1 aliphatic rings. The van der Waals surface area contributed by atoms with Gasteiger partial charge in [-0.3, -0.25) is 9.69 Å². The molecule has 1 unspecified atom stereocenters. The zero-order valence-electron chi connectivity index (χ0n) is 14.5. The first kappa shape index (κ1) is 17.5. The molecule has 8 heteroatoms. The van der Waals surface area contributed by atoms with Crippen molar-refractivity contribution in [3.63, 3.8) is 0 Å². The van der Waals surface area contributed by atoms with Gasteiger partial charge in [-0.05, 0) is 26.3 Å². The van der Waals surface area contributed by atoms with Crippen molar-refractivity contribution < 1.29 is 9.59 Å². The Labute approximate surface area is 150 Å². The Hall–Kier alpha value is -2.35. The number of rotatable bonds is 5. The van der Waals surface area contributed by atoms with E-state index in [2.05, 4.69) is 15.5 Å². The number of urea groups is 1. The van der Waals surface area contributed by atoms with Crippen LogP contribution in [0.3, 0.4) is 0 Å². The van der Waals surface area contributed by atoms with E-state index in [1.165, 1.54) is 16.7 Å². The van der Waals surface area contributed by atoms with Crippen LogP contribution in [0.25, 0.3) is 11.4 Å². The molecular weight excluding hydrogens is 338 g/mol. The molecule has 3 rings (SSSR count). The van der Waals surface area contributed by atoms with Crippen LogP contribution in [-0.4, -0.2) is 49.9 Å². The maximum Gasteiger partial charge on any atom is 0.324 e. The molecule has 25 heavy (non-hydrogen) atoms. The number of nitrogens with one attached hydrogen (secondary N) is 1. The third kappa shape index (κ3) is 3.39. The van der Waals surface area contributed by atoms with Crippen LogP contribution in [0.15, 0.2) is 29.4 Å². The minimum atomic E-state index is -0.414. The molecular formula is C17H21N5O2S. The molecule has 1 atom stereocenters. The van der Waals surface area contributed by atoms with Gasteiger partial charge >= 0.3 is 6.03 Å². The Morgan fingerprint density at radius 2 is 2.12 bits per heavy atom. The number of amides is 3. The molecule has 3 amide bonds. The minimum Gasteiger partial charge on any atom is -0.336 e. The molecule has 1 N–H and O–H groups in total. The second-order valence-corrected chi connectivity index (χ2v) is 7.16. The lowest BCUT2D eigenvalue weighted by atomic mass is 10.1. The third-order valence-electron chi connectivity index (χ3n) is 4.17. The van der Waals surface area contributed by atoms with Gasteiger partial charge in [-0.25, -0.2) is 4.79 Å². The summed E-state index contributed by atoms with van der Waals surface area (Å²) in [5.74, 6) is 0.588. The number of carbonyl (C=O) groups is 2. The molecule has 0 bridgehead atoms. The van der Waals surface area contributed by atoms with Gasteiger partial charge in [-0.15, -0.1) is 10.2 Å². The first-order valence-corrected chi connectivity index (χ1v) is 9.16. The fourth-order valence-electron chi connectivity index (χ4n) is 2.79. The highest BCUT2D eigenvalue weighted by molar-refractivity contribution is 8.00. The molecule has 132 valence electrons. The van der Waals surface area contributed by atoms with Crippen LogP contribution in [0.4, 0.5) is 4.79 Å². The number of hydrogen-bond acceptors (Lipinski definition) is 5. The number of aromatic nitrogens is 3. The van der Waals surface area contributed by atoms with Crippen LogP contribution in [0.5, 0.6) is 0 Å². The quantitative estimate of drug-likeness (QED) is 0.829. The first-order chi connectivity index (χ1) is 12.0. The largest absolute Gasteiger partial charge is 0.336 e. The Bertz CT molecular complexity index is 804. The molecule has 0 aliphatic carbocycles.